The molecule has 1 aliphatic rings. The van der Waals surface area contributed by atoms with Crippen LogP contribution in [0.2, 0.25) is 0 Å². The second-order valence-electron chi connectivity index (χ2n) is 6.04. The summed E-state index contributed by atoms with van der Waals surface area (Å²) in [7, 11) is 4.70. The summed E-state index contributed by atoms with van der Waals surface area (Å²) in [6.45, 7) is 1.37. The Kier molecular flexibility index (Phi) is 5.46. The van der Waals surface area contributed by atoms with Crippen LogP contribution in [0, 0.1) is 0 Å². The van der Waals surface area contributed by atoms with Gasteiger partial charge >= 0.3 is 0 Å². The molecule has 0 fully saturated rings. The van der Waals surface area contributed by atoms with Crippen molar-refractivity contribution < 1.29 is 19.0 Å². The molecular formula is C21H23NO4. The maximum absolute atomic E-state index is 12.6. The molecule has 0 unspecified atom stereocenters. The molecule has 0 N–H and O–H groups in total. The van der Waals surface area contributed by atoms with Crippen LogP contribution < -0.4 is 14.2 Å². The molecule has 2 aromatic rings. The molecule has 0 atom stereocenters. The highest BCUT2D eigenvalue weighted by molar-refractivity contribution is 5.92. The van der Waals surface area contributed by atoms with E-state index in [2.05, 4.69) is 12.1 Å². The maximum atomic E-state index is 12.6. The van der Waals surface area contributed by atoms with Crippen LogP contribution in [-0.4, -0.2) is 38.7 Å². The van der Waals surface area contributed by atoms with Gasteiger partial charge in [0.25, 0.3) is 0 Å². The third-order valence-electron chi connectivity index (χ3n) is 4.58. The van der Waals surface area contributed by atoms with Gasteiger partial charge in [-0.1, -0.05) is 24.3 Å². The Morgan fingerprint density at radius 1 is 0.962 bits per heavy atom. The van der Waals surface area contributed by atoms with Crippen molar-refractivity contribution in [2.75, 3.05) is 27.9 Å². The van der Waals surface area contributed by atoms with E-state index in [1.54, 1.807) is 39.5 Å². The molecule has 0 bridgehead atoms. The predicted octanol–water partition coefficient (Wildman–Crippen LogP) is 3.31. The smallest absolute Gasteiger partial charge is 0.246 e. The zero-order chi connectivity index (χ0) is 18.5. The number of hydrogen-bond acceptors (Lipinski definition) is 4. The fourth-order valence-corrected chi connectivity index (χ4v) is 3.21. The van der Waals surface area contributed by atoms with Crippen molar-refractivity contribution in [3.05, 3.63) is 59.2 Å². The van der Waals surface area contributed by atoms with Crippen molar-refractivity contribution in [2.45, 2.75) is 13.0 Å². The average molecular weight is 353 g/mol. The highest BCUT2D eigenvalue weighted by Crippen LogP contribution is 2.40. The third kappa shape index (κ3) is 3.52. The van der Waals surface area contributed by atoms with Gasteiger partial charge in [0.05, 0.1) is 21.3 Å². The fourth-order valence-electron chi connectivity index (χ4n) is 3.21. The molecule has 136 valence electrons. The lowest BCUT2D eigenvalue weighted by atomic mass is 10.00. The van der Waals surface area contributed by atoms with Crippen molar-refractivity contribution in [3.8, 4) is 17.2 Å². The maximum Gasteiger partial charge on any atom is 0.246 e. The molecule has 1 heterocycles. The van der Waals surface area contributed by atoms with E-state index in [-0.39, 0.29) is 5.91 Å². The zero-order valence-electron chi connectivity index (χ0n) is 15.3. The van der Waals surface area contributed by atoms with Gasteiger partial charge in [0.1, 0.15) is 0 Å². The minimum atomic E-state index is -0.0173. The number of nitrogens with zero attached hydrogens (tertiary/aromatic N) is 1. The van der Waals surface area contributed by atoms with Gasteiger partial charge in [0, 0.05) is 24.7 Å². The summed E-state index contributed by atoms with van der Waals surface area (Å²) in [6, 6.07) is 11.9. The first-order valence-corrected chi connectivity index (χ1v) is 8.50. The quantitative estimate of drug-likeness (QED) is 0.774. The van der Waals surface area contributed by atoms with Gasteiger partial charge in [-0.2, -0.15) is 0 Å². The summed E-state index contributed by atoms with van der Waals surface area (Å²) in [5, 5.41) is 0. The molecule has 5 nitrogen and oxygen atoms in total. The number of rotatable bonds is 5. The largest absolute Gasteiger partial charge is 0.493 e. The summed E-state index contributed by atoms with van der Waals surface area (Å²) in [4.78, 5) is 14.5. The van der Waals surface area contributed by atoms with Gasteiger partial charge in [-0.25, -0.2) is 0 Å². The number of fused-ring (bicyclic) bond motifs is 1. The zero-order valence-corrected chi connectivity index (χ0v) is 15.3. The Morgan fingerprint density at radius 2 is 1.69 bits per heavy atom. The van der Waals surface area contributed by atoms with E-state index in [0.29, 0.717) is 23.8 Å². The molecule has 5 heteroatoms. The number of ether oxygens (including phenoxy) is 3. The first kappa shape index (κ1) is 17.9. The summed E-state index contributed by atoms with van der Waals surface area (Å²) in [6.07, 6.45) is 4.22. The van der Waals surface area contributed by atoms with Crippen LogP contribution in [0.1, 0.15) is 16.7 Å². The molecule has 0 aliphatic carbocycles. The van der Waals surface area contributed by atoms with Crippen LogP contribution >= 0.6 is 0 Å². The van der Waals surface area contributed by atoms with E-state index in [9.17, 15) is 4.79 Å². The van der Waals surface area contributed by atoms with Gasteiger partial charge in [0.2, 0.25) is 11.7 Å². The van der Waals surface area contributed by atoms with E-state index in [0.717, 1.165) is 18.5 Å². The standard InChI is InChI=1S/C21H23NO4/c1-24-18-10-8-16(20(25-2)21(18)26-3)9-11-19(23)22-13-12-15-6-4-5-7-17(15)14-22/h4-11H,12-14H2,1-3H3. The van der Waals surface area contributed by atoms with Gasteiger partial charge in [-0.05, 0) is 35.8 Å². The van der Waals surface area contributed by atoms with Gasteiger partial charge in [0.15, 0.2) is 11.5 Å². The molecule has 0 radical (unpaired) electrons. The molecule has 0 saturated carbocycles. The minimum absolute atomic E-state index is 0.0173. The van der Waals surface area contributed by atoms with Gasteiger partial charge < -0.3 is 19.1 Å². The SMILES string of the molecule is COc1ccc(C=CC(=O)N2CCc3ccccc3C2)c(OC)c1OC. The third-order valence-corrected chi connectivity index (χ3v) is 4.58. The van der Waals surface area contributed by atoms with E-state index < -0.39 is 0 Å². The van der Waals surface area contributed by atoms with Crippen LogP contribution in [0.4, 0.5) is 0 Å². The van der Waals surface area contributed by atoms with E-state index in [1.165, 1.54) is 11.1 Å². The normalized spacial score (nSPS) is 13.4. The summed E-state index contributed by atoms with van der Waals surface area (Å²) in [5.74, 6) is 1.62. The molecule has 1 amide bonds. The minimum Gasteiger partial charge on any atom is -0.493 e. The summed E-state index contributed by atoms with van der Waals surface area (Å²) < 4.78 is 16.1. The lowest BCUT2D eigenvalue weighted by Crippen LogP contribution is -2.34. The number of methoxy groups -OCH3 is 3. The number of carbonyl (C=O) groups is 1. The van der Waals surface area contributed by atoms with Crippen LogP contribution in [0.15, 0.2) is 42.5 Å². The van der Waals surface area contributed by atoms with Crippen LogP contribution in [0.25, 0.3) is 6.08 Å². The molecule has 2 aromatic carbocycles. The average Bonchev–Trinajstić information content (AvgIpc) is 2.70. The molecular weight excluding hydrogens is 330 g/mol. The lowest BCUT2D eigenvalue weighted by molar-refractivity contribution is -0.126. The Hall–Kier alpha value is -2.95. The fraction of sp³-hybridized carbons (Fsp3) is 0.286. The number of carbonyl (C=O) groups excluding carboxylic acids is 1. The Bertz CT molecular complexity index is 829. The Balaban J connectivity index is 1.79. The monoisotopic (exact) mass is 353 g/mol. The summed E-state index contributed by atoms with van der Waals surface area (Å²) >= 11 is 0. The Labute approximate surface area is 153 Å². The van der Waals surface area contributed by atoms with Gasteiger partial charge in [-0.3, -0.25) is 4.79 Å². The highest BCUT2D eigenvalue weighted by atomic mass is 16.5. The van der Waals surface area contributed by atoms with E-state index >= 15 is 0 Å². The number of amides is 1. The predicted molar refractivity (Wildman–Crippen MR) is 101 cm³/mol. The van der Waals surface area contributed by atoms with Crippen molar-refractivity contribution in [1.82, 2.24) is 4.90 Å². The van der Waals surface area contributed by atoms with E-state index in [4.69, 9.17) is 14.2 Å². The first-order chi connectivity index (χ1) is 12.7. The van der Waals surface area contributed by atoms with Crippen LogP contribution in [-0.2, 0) is 17.8 Å². The first-order valence-electron chi connectivity index (χ1n) is 8.50. The molecule has 3 rings (SSSR count). The van der Waals surface area contributed by atoms with Crippen molar-refractivity contribution in [1.29, 1.82) is 0 Å². The molecule has 1 aliphatic heterocycles. The van der Waals surface area contributed by atoms with Crippen molar-refractivity contribution in [2.24, 2.45) is 0 Å². The number of hydrogen-bond donors (Lipinski definition) is 0. The van der Waals surface area contributed by atoms with Crippen molar-refractivity contribution >= 4 is 12.0 Å². The molecule has 0 saturated heterocycles. The molecule has 0 aromatic heterocycles. The molecule has 26 heavy (non-hydrogen) atoms. The summed E-state index contributed by atoms with van der Waals surface area (Å²) in [5.41, 5.74) is 3.29. The Morgan fingerprint density at radius 3 is 2.38 bits per heavy atom. The van der Waals surface area contributed by atoms with E-state index in [1.807, 2.05) is 23.1 Å². The topological polar surface area (TPSA) is 48.0 Å². The highest BCUT2D eigenvalue weighted by Gasteiger charge is 2.19. The molecule has 0 spiro atoms. The van der Waals surface area contributed by atoms with Gasteiger partial charge in [-0.15, -0.1) is 0 Å². The van der Waals surface area contributed by atoms with Crippen LogP contribution in [0.5, 0.6) is 17.2 Å². The van der Waals surface area contributed by atoms with Crippen LogP contribution in [0.3, 0.4) is 0 Å². The second-order valence-corrected chi connectivity index (χ2v) is 6.04. The van der Waals surface area contributed by atoms with Crippen molar-refractivity contribution in [3.63, 3.8) is 0 Å². The lowest BCUT2D eigenvalue weighted by Gasteiger charge is -2.27. The number of benzene rings is 2. The second kappa shape index (κ2) is 7.95.